The van der Waals surface area contributed by atoms with E-state index in [9.17, 15) is 0 Å². The van der Waals surface area contributed by atoms with Crippen molar-refractivity contribution in [3.05, 3.63) is 84.1 Å². The Hall–Kier alpha value is -1.82. The van der Waals surface area contributed by atoms with Gasteiger partial charge in [-0.3, -0.25) is 0 Å². The van der Waals surface area contributed by atoms with Crippen LogP contribution in [0.3, 0.4) is 0 Å². The van der Waals surface area contributed by atoms with E-state index < -0.39 is 0 Å². The zero-order valence-corrected chi connectivity index (χ0v) is 49.2. The molecule has 0 aromatic heterocycles. The van der Waals surface area contributed by atoms with Crippen LogP contribution in [0.15, 0.2) is 84.1 Å². The molecule has 0 aromatic rings. The van der Waals surface area contributed by atoms with Gasteiger partial charge in [0.2, 0.25) is 0 Å². The average Bonchev–Trinajstić information content (AvgIpc) is 3.37. The van der Waals surface area contributed by atoms with Gasteiger partial charge < -0.3 is 0 Å². The molecule has 0 N–H and O–H groups in total. The molecule has 70 heavy (non-hydrogen) atoms. The van der Waals surface area contributed by atoms with E-state index in [1.807, 2.05) is 0 Å². The maximum atomic E-state index is 2.79. The summed E-state index contributed by atoms with van der Waals surface area (Å²) in [5.74, 6) is 0.425. The van der Waals surface area contributed by atoms with Crippen molar-refractivity contribution in [2.24, 2.45) is 11.3 Å². The molecule has 0 heteroatoms. The standard InChI is InChI=1S/C70H128/c1-8-15-22-29-35-38-40-43-48-54-61-67(60-53-47-42-39-36-30-23-16-9-2)69(64-57-50-44-37-31-24-17-10-3)70(65-58-51-34-27-20-13-6,66-59-52-45-33-26-19-12-5)68(62-55-46-28-21-14-7)63-56-49-41-32-25-18-11-4/h53-55,57-62,64-66,68H,8-52,56,63H2,1-7H3. The summed E-state index contributed by atoms with van der Waals surface area (Å²) < 4.78 is 0. The quantitative estimate of drug-likeness (QED) is 0.0324. The Labute approximate surface area is 443 Å². The fourth-order valence-corrected chi connectivity index (χ4v) is 10.4. The zero-order chi connectivity index (χ0) is 51.0. The monoisotopic (exact) mass is 969 g/mol. The second kappa shape index (κ2) is 56.5. The highest BCUT2D eigenvalue weighted by Crippen LogP contribution is 2.46. The van der Waals surface area contributed by atoms with E-state index in [1.165, 1.54) is 307 Å². The smallest absolute Gasteiger partial charge is 0.0380 e. The molecule has 0 heterocycles. The minimum Gasteiger partial charge on any atom is -0.0882 e. The minimum atomic E-state index is -0.197. The van der Waals surface area contributed by atoms with Gasteiger partial charge in [0.1, 0.15) is 0 Å². The van der Waals surface area contributed by atoms with Crippen molar-refractivity contribution in [3.63, 3.8) is 0 Å². The lowest BCUT2D eigenvalue weighted by Gasteiger charge is -2.38. The van der Waals surface area contributed by atoms with Crippen LogP contribution in [-0.4, -0.2) is 0 Å². The van der Waals surface area contributed by atoms with Crippen molar-refractivity contribution in [1.29, 1.82) is 0 Å². The molecule has 0 aliphatic rings. The van der Waals surface area contributed by atoms with E-state index in [1.54, 1.807) is 5.57 Å². The van der Waals surface area contributed by atoms with Crippen LogP contribution in [0.5, 0.6) is 0 Å². The summed E-state index contributed by atoms with van der Waals surface area (Å²) in [4.78, 5) is 0. The number of rotatable bonds is 55. The molecule has 0 amide bonds. The first kappa shape index (κ1) is 68.2. The molecule has 0 fully saturated rings. The summed E-state index contributed by atoms with van der Waals surface area (Å²) in [7, 11) is 0. The van der Waals surface area contributed by atoms with Gasteiger partial charge in [-0.15, -0.1) is 0 Å². The molecule has 0 nitrogen and oxygen atoms in total. The van der Waals surface area contributed by atoms with Gasteiger partial charge in [0.25, 0.3) is 0 Å². The lowest BCUT2D eigenvalue weighted by molar-refractivity contribution is 0.378. The molecule has 2 unspecified atom stereocenters. The highest BCUT2D eigenvalue weighted by Gasteiger charge is 2.36. The van der Waals surface area contributed by atoms with Crippen molar-refractivity contribution < 1.29 is 0 Å². The van der Waals surface area contributed by atoms with Gasteiger partial charge in [0, 0.05) is 5.41 Å². The normalized spacial score (nSPS) is 14.3. The Morgan fingerprint density at radius 3 is 0.900 bits per heavy atom. The first-order valence-electron chi connectivity index (χ1n) is 32.4. The Bertz CT molecular complexity index is 1250. The fourth-order valence-electron chi connectivity index (χ4n) is 10.4. The molecule has 0 rings (SSSR count). The van der Waals surface area contributed by atoms with Crippen LogP contribution in [0.1, 0.15) is 350 Å². The molecule has 0 aliphatic carbocycles. The predicted molar refractivity (Wildman–Crippen MR) is 325 cm³/mol. The number of allylic oxidation sites excluding steroid dienone is 14. The van der Waals surface area contributed by atoms with Crippen LogP contribution >= 0.6 is 0 Å². The third-order valence-electron chi connectivity index (χ3n) is 15.1. The van der Waals surface area contributed by atoms with Crippen LogP contribution in [0.25, 0.3) is 0 Å². The second-order valence-corrected chi connectivity index (χ2v) is 22.0. The Kier molecular flexibility index (Phi) is 55.0. The molecule has 0 saturated carbocycles. The molecule has 0 bridgehead atoms. The van der Waals surface area contributed by atoms with Gasteiger partial charge in [0.05, 0.1) is 0 Å². The van der Waals surface area contributed by atoms with Crippen LogP contribution in [0.4, 0.5) is 0 Å². The zero-order valence-electron chi connectivity index (χ0n) is 49.2. The van der Waals surface area contributed by atoms with Gasteiger partial charge in [-0.1, -0.05) is 340 Å². The van der Waals surface area contributed by atoms with Crippen molar-refractivity contribution in [3.8, 4) is 0 Å². The molecule has 0 aliphatic heterocycles. The molecular weight excluding hydrogens is 841 g/mol. The van der Waals surface area contributed by atoms with Crippen molar-refractivity contribution >= 4 is 0 Å². The van der Waals surface area contributed by atoms with Crippen LogP contribution in [0.2, 0.25) is 0 Å². The topological polar surface area (TPSA) is 0 Å². The summed E-state index contributed by atoms with van der Waals surface area (Å²) in [5.41, 5.74) is 2.85. The maximum absolute atomic E-state index is 2.79. The SMILES string of the molecule is CCCCCC=CC(CCCCCCCCC)C(C=CCCCCCC)(C=CCCCCCCC)C(C=CCCCCCCCC)=C(C=CCCCCCCCCC)C=CCCCCCCCCCC. The number of hydrogen-bond acceptors (Lipinski definition) is 0. The van der Waals surface area contributed by atoms with Crippen molar-refractivity contribution in [2.45, 2.75) is 350 Å². The summed E-state index contributed by atoms with van der Waals surface area (Å²) >= 11 is 0. The second-order valence-electron chi connectivity index (χ2n) is 22.0. The molecule has 0 spiro atoms. The molecule has 408 valence electrons. The van der Waals surface area contributed by atoms with Gasteiger partial charge in [-0.25, -0.2) is 0 Å². The highest BCUT2D eigenvalue weighted by atomic mass is 14.4. The largest absolute Gasteiger partial charge is 0.0882 e. The van der Waals surface area contributed by atoms with Gasteiger partial charge in [-0.2, -0.15) is 0 Å². The van der Waals surface area contributed by atoms with E-state index in [0.29, 0.717) is 5.92 Å². The van der Waals surface area contributed by atoms with Crippen LogP contribution in [0, 0.1) is 11.3 Å². The van der Waals surface area contributed by atoms with E-state index >= 15 is 0 Å². The van der Waals surface area contributed by atoms with Gasteiger partial charge in [-0.05, 0) is 101 Å². The van der Waals surface area contributed by atoms with Crippen molar-refractivity contribution in [1.82, 2.24) is 0 Å². The molecule has 0 saturated heterocycles. The molecule has 0 radical (unpaired) electrons. The third-order valence-corrected chi connectivity index (χ3v) is 15.1. The summed E-state index contributed by atoms with van der Waals surface area (Å²) in [6.45, 7) is 16.4. The number of hydrogen-bond donors (Lipinski definition) is 0. The van der Waals surface area contributed by atoms with Crippen LogP contribution in [-0.2, 0) is 0 Å². The number of unbranched alkanes of at least 4 members (excludes halogenated alkanes) is 39. The van der Waals surface area contributed by atoms with Crippen LogP contribution < -0.4 is 0 Å². The maximum Gasteiger partial charge on any atom is 0.0380 e. The van der Waals surface area contributed by atoms with E-state index in [4.69, 9.17) is 0 Å². The highest BCUT2D eigenvalue weighted by molar-refractivity contribution is 5.50. The Morgan fingerprint density at radius 2 is 0.529 bits per heavy atom. The summed E-state index contributed by atoms with van der Waals surface area (Å²) in [6, 6.07) is 0. The first-order chi connectivity index (χ1) is 34.6. The minimum absolute atomic E-state index is 0.197. The fraction of sp³-hybridized carbons (Fsp3) is 0.800. The van der Waals surface area contributed by atoms with Gasteiger partial charge in [0.15, 0.2) is 0 Å². The van der Waals surface area contributed by atoms with E-state index in [-0.39, 0.29) is 5.41 Å². The van der Waals surface area contributed by atoms with Crippen molar-refractivity contribution in [2.75, 3.05) is 0 Å². The summed E-state index contributed by atoms with van der Waals surface area (Å²) in [6.07, 6.45) is 94.7. The Morgan fingerprint density at radius 1 is 0.271 bits per heavy atom. The first-order valence-corrected chi connectivity index (χ1v) is 32.4. The third kappa shape index (κ3) is 41.6. The Balaban J connectivity index is 7.93. The lowest BCUT2D eigenvalue weighted by Crippen LogP contribution is -2.29. The van der Waals surface area contributed by atoms with E-state index in [2.05, 4.69) is 121 Å². The lowest BCUT2D eigenvalue weighted by atomic mass is 9.65. The van der Waals surface area contributed by atoms with E-state index in [0.717, 1.165) is 0 Å². The average molecular weight is 970 g/mol. The molecular formula is C70H128. The van der Waals surface area contributed by atoms with Gasteiger partial charge >= 0.3 is 0 Å². The summed E-state index contributed by atoms with van der Waals surface area (Å²) in [5, 5.41) is 0. The molecule has 0 aromatic carbocycles. The predicted octanol–water partition coefficient (Wildman–Crippen LogP) is 25.7. The molecule has 2 atom stereocenters.